The Morgan fingerprint density at radius 3 is 2.95 bits per heavy atom. The van der Waals surface area contributed by atoms with Gasteiger partial charge in [0.2, 0.25) is 0 Å². The Morgan fingerprint density at radius 2 is 2.14 bits per heavy atom. The molecule has 0 radical (unpaired) electrons. The van der Waals surface area contributed by atoms with E-state index in [4.69, 9.17) is 4.74 Å². The summed E-state index contributed by atoms with van der Waals surface area (Å²) in [7, 11) is 0. The standard InChI is InChI=1S/C17H23NO2S/c1-12(2)13-7-5-6-10-18(13)17(19)15-11-21-16-9-4-3-8-14(16)20-15/h3-4,8-9,12-13,15H,5-7,10-11H2,1-2H3. The molecule has 0 aliphatic carbocycles. The molecule has 4 heteroatoms. The zero-order chi connectivity index (χ0) is 14.8. The first-order valence-electron chi connectivity index (χ1n) is 7.86. The molecule has 114 valence electrons. The second-order valence-electron chi connectivity index (χ2n) is 6.20. The van der Waals surface area contributed by atoms with E-state index in [1.165, 1.54) is 6.42 Å². The van der Waals surface area contributed by atoms with E-state index < -0.39 is 0 Å². The SMILES string of the molecule is CC(C)C1CCCCN1C(=O)C1CSc2ccccc2O1. The van der Waals surface area contributed by atoms with Gasteiger partial charge in [0.15, 0.2) is 6.10 Å². The molecule has 1 amide bonds. The number of nitrogens with zero attached hydrogens (tertiary/aromatic N) is 1. The minimum absolute atomic E-state index is 0.176. The second kappa shape index (κ2) is 6.30. The lowest BCUT2D eigenvalue weighted by molar-refractivity contribution is -0.142. The summed E-state index contributed by atoms with van der Waals surface area (Å²) < 4.78 is 5.96. The highest BCUT2D eigenvalue weighted by molar-refractivity contribution is 7.99. The molecule has 1 aromatic rings. The number of rotatable bonds is 2. The Kier molecular flexibility index (Phi) is 4.43. The fourth-order valence-corrected chi connectivity index (χ4v) is 4.23. The van der Waals surface area contributed by atoms with Crippen LogP contribution in [-0.4, -0.2) is 35.3 Å². The maximum absolute atomic E-state index is 12.9. The van der Waals surface area contributed by atoms with Gasteiger partial charge in [-0.25, -0.2) is 0 Å². The van der Waals surface area contributed by atoms with E-state index in [1.807, 2.05) is 18.2 Å². The van der Waals surface area contributed by atoms with Gasteiger partial charge in [-0.1, -0.05) is 26.0 Å². The number of fused-ring (bicyclic) bond motifs is 1. The maximum Gasteiger partial charge on any atom is 0.264 e. The molecule has 0 bridgehead atoms. The molecule has 2 heterocycles. The number of hydrogen-bond donors (Lipinski definition) is 0. The van der Waals surface area contributed by atoms with Crippen LogP contribution in [0.5, 0.6) is 5.75 Å². The lowest BCUT2D eigenvalue weighted by atomic mass is 9.92. The molecule has 2 atom stereocenters. The van der Waals surface area contributed by atoms with E-state index >= 15 is 0 Å². The van der Waals surface area contributed by atoms with E-state index in [1.54, 1.807) is 11.8 Å². The molecule has 1 aromatic carbocycles. The second-order valence-corrected chi connectivity index (χ2v) is 7.26. The summed E-state index contributed by atoms with van der Waals surface area (Å²) in [5, 5.41) is 0. The number of amides is 1. The minimum Gasteiger partial charge on any atom is -0.479 e. The van der Waals surface area contributed by atoms with Crippen molar-refractivity contribution < 1.29 is 9.53 Å². The normalized spacial score (nSPS) is 25.4. The van der Waals surface area contributed by atoms with Crippen LogP contribution in [0.1, 0.15) is 33.1 Å². The topological polar surface area (TPSA) is 29.5 Å². The van der Waals surface area contributed by atoms with Crippen molar-refractivity contribution in [3.63, 3.8) is 0 Å². The van der Waals surface area contributed by atoms with E-state index in [0.717, 1.165) is 35.8 Å². The molecular formula is C17H23NO2S. The fraction of sp³-hybridized carbons (Fsp3) is 0.588. The van der Waals surface area contributed by atoms with Crippen LogP contribution in [0.2, 0.25) is 0 Å². The van der Waals surface area contributed by atoms with Gasteiger partial charge in [-0.05, 0) is 37.3 Å². The maximum atomic E-state index is 12.9. The van der Waals surface area contributed by atoms with Gasteiger partial charge in [-0.2, -0.15) is 0 Å². The van der Waals surface area contributed by atoms with Gasteiger partial charge in [0, 0.05) is 23.2 Å². The predicted octanol–water partition coefficient (Wildman–Crippen LogP) is 3.58. The van der Waals surface area contributed by atoms with E-state index in [2.05, 4.69) is 24.8 Å². The average Bonchev–Trinajstić information content (AvgIpc) is 2.53. The lowest BCUT2D eigenvalue weighted by Gasteiger charge is -2.40. The third-order valence-corrected chi connectivity index (χ3v) is 5.50. The molecule has 0 aromatic heterocycles. The molecule has 0 N–H and O–H groups in total. The van der Waals surface area contributed by atoms with Gasteiger partial charge >= 0.3 is 0 Å². The molecule has 21 heavy (non-hydrogen) atoms. The summed E-state index contributed by atoms with van der Waals surface area (Å²) in [6.45, 7) is 5.30. The Labute approximate surface area is 131 Å². The van der Waals surface area contributed by atoms with Crippen molar-refractivity contribution in [1.29, 1.82) is 0 Å². The Balaban J connectivity index is 1.73. The van der Waals surface area contributed by atoms with Crippen LogP contribution in [0.15, 0.2) is 29.2 Å². The Bertz CT molecular complexity index is 517. The highest BCUT2D eigenvalue weighted by Crippen LogP contribution is 2.36. The summed E-state index contributed by atoms with van der Waals surface area (Å²) in [4.78, 5) is 16.1. The highest BCUT2D eigenvalue weighted by Gasteiger charge is 2.35. The number of carbonyl (C=O) groups excluding carboxylic acids is 1. The smallest absolute Gasteiger partial charge is 0.264 e. The van der Waals surface area contributed by atoms with Crippen molar-refractivity contribution in [3.8, 4) is 5.75 Å². The van der Waals surface area contributed by atoms with E-state index in [9.17, 15) is 4.79 Å². The quantitative estimate of drug-likeness (QED) is 0.836. The van der Waals surface area contributed by atoms with Gasteiger partial charge in [0.05, 0.1) is 0 Å². The summed E-state index contributed by atoms with van der Waals surface area (Å²) in [5.41, 5.74) is 0. The number of thioether (sulfide) groups is 1. The summed E-state index contributed by atoms with van der Waals surface area (Å²) in [5.74, 6) is 2.26. The molecule has 1 saturated heterocycles. The molecule has 2 aliphatic rings. The highest BCUT2D eigenvalue weighted by atomic mass is 32.2. The monoisotopic (exact) mass is 305 g/mol. The first-order valence-corrected chi connectivity index (χ1v) is 8.84. The molecule has 3 rings (SSSR count). The van der Waals surface area contributed by atoms with Crippen LogP contribution in [0.4, 0.5) is 0 Å². The molecule has 3 nitrogen and oxygen atoms in total. The molecule has 0 saturated carbocycles. The van der Waals surface area contributed by atoms with Gasteiger partial charge in [0.25, 0.3) is 5.91 Å². The third kappa shape index (κ3) is 3.05. The first kappa shape index (κ1) is 14.8. The first-order chi connectivity index (χ1) is 10.2. The third-order valence-electron chi connectivity index (χ3n) is 4.39. The van der Waals surface area contributed by atoms with Crippen LogP contribution in [0, 0.1) is 5.92 Å². The molecular weight excluding hydrogens is 282 g/mol. The van der Waals surface area contributed by atoms with Crippen LogP contribution in [0.25, 0.3) is 0 Å². The van der Waals surface area contributed by atoms with Crippen molar-refractivity contribution in [2.45, 2.75) is 50.2 Å². The minimum atomic E-state index is -0.329. The van der Waals surface area contributed by atoms with E-state index in [-0.39, 0.29) is 12.0 Å². The van der Waals surface area contributed by atoms with Gasteiger partial charge < -0.3 is 9.64 Å². The van der Waals surface area contributed by atoms with Crippen LogP contribution < -0.4 is 4.74 Å². The van der Waals surface area contributed by atoms with E-state index in [0.29, 0.717) is 12.0 Å². The van der Waals surface area contributed by atoms with Gasteiger partial charge in [0.1, 0.15) is 5.75 Å². The van der Waals surface area contributed by atoms with Gasteiger partial charge in [-0.15, -0.1) is 11.8 Å². The van der Waals surface area contributed by atoms with Crippen LogP contribution in [0.3, 0.4) is 0 Å². The largest absolute Gasteiger partial charge is 0.479 e. The van der Waals surface area contributed by atoms with Crippen molar-refractivity contribution >= 4 is 17.7 Å². The van der Waals surface area contributed by atoms with Crippen LogP contribution in [-0.2, 0) is 4.79 Å². The number of para-hydroxylation sites is 1. The number of ether oxygens (including phenoxy) is 1. The number of piperidine rings is 1. The Morgan fingerprint density at radius 1 is 1.33 bits per heavy atom. The molecule has 2 aliphatic heterocycles. The zero-order valence-corrected chi connectivity index (χ0v) is 13.6. The number of benzene rings is 1. The average molecular weight is 305 g/mol. The number of likely N-dealkylation sites (tertiary alicyclic amines) is 1. The lowest BCUT2D eigenvalue weighted by Crippen LogP contribution is -2.52. The van der Waals surface area contributed by atoms with Crippen LogP contribution >= 0.6 is 11.8 Å². The number of carbonyl (C=O) groups is 1. The zero-order valence-electron chi connectivity index (χ0n) is 12.7. The fourth-order valence-electron chi connectivity index (χ4n) is 3.25. The number of hydrogen-bond acceptors (Lipinski definition) is 3. The molecule has 2 unspecified atom stereocenters. The predicted molar refractivity (Wildman–Crippen MR) is 85.8 cm³/mol. The summed E-state index contributed by atoms with van der Waals surface area (Å²) in [6.07, 6.45) is 3.14. The van der Waals surface area contributed by atoms with Gasteiger partial charge in [-0.3, -0.25) is 4.79 Å². The van der Waals surface area contributed by atoms with Crippen molar-refractivity contribution in [1.82, 2.24) is 4.90 Å². The Hall–Kier alpha value is -1.16. The van der Waals surface area contributed by atoms with Crippen molar-refractivity contribution in [3.05, 3.63) is 24.3 Å². The van der Waals surface area contributed by atoms with Crippen molar-refractivity contribution in [2.75, 3.05) is 12.3 Å². The van der Waals surface area contributed by atoms with Crippen molar-refractivity contribution in [2.24, 2.45) is 5.92 Å². The molecule has 1 fully saturated rings. The summed E-state index contributed by atoms with van der Waals surface area (Å²) >= 11 is 1.73. The summed E-state index contributed by atoms with van der Waals surface area (Å²) in [6, 6.07) is 8.36. The molecule has 0 spiro atoms.